The summed E-state index contributed by atoms with van der Waals surface area (Å²) in [6.45, 7) is 3.32. The second-order valence-electron chi connectivity index (χ2n) is 1.97. The van der Waals surface area contributed by atoms with Crippen LogP contribution in [0.5, 0.6) is 0 Å². The van der Waals surface area contributed by atoms with Gasteiger partial charge in [-0.2, -0.15) is 0 Å². The first-order chi connectivity index (χ1) is 4.66. The predicted octanol–water partition coefficient (Wildman–Crippen LogP) is 0.941. The molecule has 0 aromatic carbocycles. The lowest BCUT2D eigenvalue weighted by atomic mass is 10.2. The number of hydrogen-bond acceptors (Lipinski definition) is 2. The molecule has 1 atom stereocenters. The van der Waals surface area contributed by atoms with Crippen LogP contribution in [0.4, 0.5) is 0 Å². The molecule has 64 valence electrons. The van der Waals surface area contributed by atoms with Gasteiger partial charge < -0.3 is 10.8 Å². The van der Waals surface area contributed by atoms with Crippen molar-refractivity contribution in [3.05, 3.63) is 18.4 Å². The van der Waals surface area contributed by atoms with E-state index in [-0.39, 0.29) is 24.9 Å². The average molecular weight is 178 g/mol. The third kappa shape index (κ3) is 9.24. The van der Waals surface area contributed by atoms with Gasteiger partial charge in [0.15, 0.2) is 0 Å². The predicted molar refractivity (Wildman–Crippen MR) is 45.8 cm³/mol. The summed E-state index contributed by atoms with van der Waals surface area (Å²) in [5.74, 6) is -0.826. The number of carboxylic acid groups (broad SMARTS) is 1. The van der Waals surface area contributed by atoms with Crippen LogP contribution in [-0.4, -0.2) is 17.1 Å². The Hall–Kier alpha value is -0.760. The molecule has 0 fully saturated rings. The number of halogens is 1. The molecular weight excluding hydrogens is 166 g/mol. The molecule has 0 bridgehead atoms. The highest BCUT2D eigenvalue weighted by atomic mass is 35.5. The highest BCUT2D eigenvalue weighted by Crippen LogP contribution is 1.94. The number of nitrogens with two attached hydrogens (primary N) is 1. The molecule has 3 N–H and O–H groups in total. The minimum atomic E-state index is -0.826. The third-order valence-electron chi connectivity index (χ3n) is 1.02. The molecule has 0 aliphatic carbocycles. The minimum absolute atomic E-state index is 0. The summed E-state index contributed by atoms with van der Waals surface area (Å²) in [5.41, 5.74) is 7.91. The largest absolute Gasteiger partial charge is 0.481 e. The van der Waals surface area contributed by atoms with E-state index in [1.54, 1.807) is 6.08 Å². The molecule has 3 nitrogen and oxygen atoms in total. The summed E-state index contributed by atoms with van der Waals surface area (Å²) in [4.78, 5) is 10.0. The van der Waals surface area contributed by atoms with Crippen molar-refractivity contribution in [1.29, 1.82) is 0 Å². The van der Waals surface area contributed by atoms with Crippen molar-refractivity contribution >= 4 is 18.4 Å². The Balaban J connectivity index is 0. The normalized spacial score (nSPS) is 10.6. The molecule has 0 aromatic heterocycles. The van der Waals surface area contributed by atoms with E-state index in [2.05, 4.69) is 12.3 Å². The Morgan fingerprint density at radius 3 is 2.73 bits per heavy atom. The van der Waals surface area contributed by atoms with Gasteiger partial charge in [0.2, 0.25) is 0 Å². The fraction of sp³-hybridized carbons (Fsp3) is 0.429. The SMILES string of the molecule is C=C=C[C@H](N)CCC(=O)O.Cl. The number of aliphatic carboxylic acids is 1. The number of carbonyl (C=O) groups is 1. The summed E-state index contributed by atoms with van der Waals surface area (Å²) >= 11 is 0. The Labute approximate surface area is 72.0 Å². The van der Waals surface area contributed by atoms with Crippen LogP contribution in [0.25, 0.3) is 0 Å². The summed E-state index contributed by atoms with van der Waals surface area (Å²) in [6.07, 6.45) is 2.10. The summed E-state index contributed by atoms with van der Waals surface area (Å²) in [5, 5.41) is 8.23. The van der Waals surface area contributed by atoms with Gasteiger partial charge in [0, 0.05) is 12.5 Å². The smallest absolute Gasteiger partial charge is 0.303 e. The zero-order chi connectivity index (χ0) is 7.98. The lowest BCUT2D eigenvalue weighted by Crippen LogP contribution is -2.17. The quantitative estimate of drug-likeness (QED) is 0.629. The van der Waals surface area contributed by atoms with Crippen LogP contribution in [0.2, 0.25) is 0 Å². The monoisotopic (exact) mass is 177 g/mol. The number of rotatable bonds is 4. The Morgan fingerprint density at radius 1 is 1.82 bits per heavy atom. The Kier molecular flexibility index (Phi) is 8.60. The molecule has 0 heterocycles. The van der Waals surface area contributed by atoms with E-state index in [0.717, 1.165) is 0 Å². The third-order valence-corrected chi connectivity index (χ3v) is 1.02. The molecule has 4 heteroatoms. The van der Waals surface area contributed by atoms with Crippen molar-refractivity contribution in [3.63, 3.8) is 0 Å². The van der Waals surface area contributed by atoms with E-state index in [4.69, 9.17) is 10.8 Å². The van der Waals surface area contributed by atoms with Crippen molar-refractivity contribution in [3.8, 4) is 0 Å². The Morgan fingerprint density at radius 2 is 2.36 bits per heavy atom. The van der Waals surface area contributed by atoms with Crippen molar-refractivity contribution < 1.29 is 9.90 Å². The van der Waals surface area contributed by atoms with E-state index >= 15 is 0 Å². The van der Waals surface area contributed by atoms with Crippen LogP contribution in [0, 0.1) is 0 Å². The van der Waals surface area contributed by atoms with Crippen LogP contribution < -0.4 is 5.73 Å². The van der Waals surface area contributed by atoms with Crippen molar-refractivity contribution in [1.82, 2.24) is 0 Å². The second kappa shape index (κ2) is 7.35. The van der Waals surface area contributed by atoms with Crippen LogP contribution in [0.1, 0.15) is 12.8 Å². The summed E-state index contributed by atoms with van der Waals surface area (Å²) in [6, 6.07) is -0.228. The van der Waals surface area contributed by atoms with Crippen LogP contribution >= 0.6 is 12.4 Å². The first-order valence-electron chi connectivity index (χ1n) is 3.00. The van der Waals surface area contributed by atoms with E-state index in [9.17, 15) is 4.79 Å². The van der Waals surface area contributed by atoms with Gasteiger partial charge in [-0.05, 0) is 12.5 Å². The fourth-order valence-electron chi connectivity index (χ4n) is 0.525. The molecule has 0 aliphatic rings. The van der Waals surface area contributed by atoms with Gasteiger partial charge in [-0.3, -0.25) is 4.79 Å². The van der Waals surface area contributed by atoms with E-state index < -0.39 is 5.97 Å². The zero-order valence-electron chi connectivity index (χ0n) is 6.12. The molecule has 0 spiro atoms. The van der Waals surface area contributed by atoms with E-state index in [1.807, 2.05) is 0 Å². The summed E-state index contributed by atoms with van der Waals surface area (Å²) in [7, 11) is 0. The second-order valence-corrected chi connectivity index (χ2v) is 1.97. The molecule has 0 radical (unpaired) electrons. The highest BCUT2D eigenvalue weighted by Gasteiger charge is 2.00. The molecule has 0 aromatic rings. The van der Waals surface area contributed by atoms with Gasteiger partial charge in [-0.1, -0.05) is 6.58 Å². The van der Waals surface area contributed by atoms with Gasteiger partial charge in [0.05, 0.1) is 0 Å². The van der Waals surface area contributed by atoms with Crippen molar-refractivity contribution in [2.75, 3.05) is 0 Å². The molecule has 0 aliphatic heterocycles. The van der Waals surface area contributed by atoms with Crippen LogP contribution in [0.3, 0.4) is 0 Å². The molecule has 0 saturated heterocycles. The van der Waals surface area contributed by atoms with Gasteiger partial charge >= 0.3 is 5.97 Å². The maximum Gasteiger partial charge on any atom is 0.303 e. The number of carboxylic acids is 1. The summed E-state index contributed by atoms with van der Waals surface area (Å²) < 4.78 is 0. The zero-order valence-corrected chi connectivity index (χ0v) is 6.93. The van der Waals surface area contributed by atoms with Crippen molar-refractivity contribution in [2.45, 2.75) is 18.9 Å². The van der Waals surface area contributed by atoms with E-state index in [0.29, 0.717) is 6.42 Å². The molecule has 0 unspecified atom stereocenters. The molecular formula is C7H12ClNO2. The molecule has 0 rings (SSSR count). The lowest BCUT2D eigenvalue weighted by Gasteiger charge is -2.00. The van der Waals surface area contributed by atoms with Gasteiger partial charge in [-0.15, -0.1) is 18.1 Å². The average Bonchev–Trinajstić information content (AvgIpc) is 1.85. The lowest BCUT2D eigenvalue weighted by molar-refractivity contribution is -0.137. The number of hydrogen-bond donors (Lipinski definition) is 2. The first kappa shape index (κ1) is 12.9. The Bertz CT molecular complexity index is 164. The van der Waals surface area contributed by atoms with Gasteiger partial charge in [-0.25, -0.2) is 0 Å². The van der Waals surface area contributed by atoms with E-state index in [1.165, 1.54) is 0 Å². The first-order valence-corrected chi connectivity index (χ1v) is 3.00. The van der Waals surface area contributed by atoms with Gasteiger partial charge in [0.1, 0.15) is 0 Å². The van der Waals surface area contributed by atoms with Crippen LogP contribution in [0.15, 0.2) is 18.4 Å². The topological polar surface area (TPSA) is 63.3 Å². The standard InChI is InChI=1S/C7H11NO2.ClH/c1-2-3-6(8)4-5-7(9)10;/h3,6H,1,4-5,8H2,(H,9,10);1H/t6-;/m0./s1. The highest BCUT2D eigenvalue weighted by molar-refractivity contribution is 5.85. The molecule has 0 saturated carbocycles. The maximum atomic E-state index is 10.0. The molecule has 11 heavy (non-hydrogen) atoms. The van der Waals surface area contributed by atoms with Crippen LogP contribution in [-0.2, 0) is 4.79 Å². The maximum absolute atomic E-state index is 10.0. The fourth-order valence-corrected chi connectivity index (χ4v) is 0.525. The van der Waals surface area contributed by atoms with Crippen molar-refractivity contribution in [2.24, 2.45) is 5.73 Å². The molecule has 0 amide bonds. The minimum Gasteiger partial charge on any atom is -0.481 e. The van der Waals surface area contributed by atoms with Gasteiger partial charge in [0.25, 0.3) is 0 Å².